The van der Waals surface area contributed by atoms with E-state index in [1.54, 1.807) is 13.8 Å². The van der Waals surface area contributed by atoms with E-state index in [1.165, 1.54) is 6.92 Å². The molecule has 88 valence electrons. The molecule has 1 amide bonds. The fourth-order valence-electron chi connectivity index (χ4n) is 0.869. The number of nitrogens with one attached hydrogen (secondary N) is 1. The molecule has 0 saturated heterocycles. The van der Waals surface area contributed by atoms with Gasteiger partial charge >= 0.3 is 5.97 Å². The zero-order chi connectivity index (χ0) is 12.0. The summed E-state index contributed by atoms with van der Waals surface area (Å²) in [6, 6.07) is -1.58. The average molecular weight is 217 g/mol. The third-order valence-electron chi connectivity index (χ3n) is 1.83. The van der Waals surface area contributed by atoms with Crippen LogP contribution in [0.5, 0.6) is 0 Å². The molecule has 0 aliphatic heterocycles. The first-order valence-electron chi connectivity index (χ1n) is 4.89. The summed E-state index contributed by atoms with van der Waals surface area (Å²) in [6.45, 7) is 5.33. The molecule has 6 heteroatoms. The standard InChI is InChI=1S/C9H19N3O3/c1-4-12-8(13)7(11)6(3)15-9(14)5(2)10/h5-7H,4,10-11H2,1-3H3,(H,12,13)/t5-,6+,7-/m0/s1. The first kappa shape index (κ1) is 13.9. The van der Waals surface area contributed by atoms with Gasteiger partial charge in [-0.05, 0) is 20.8 Å². The van der Waals surface area contributed by atoms with Crippen LogP contribution in [0.4, 0.5) is 0 Å². The molecule has 3 atom stereocenters. The highest BCUT2D eigenvalue weighted by Crippen LogP contribution is 1.98. The van der Waals surface area contributed by atoms with Crippen molar-refractivity contribution in [3.8, 4) is 0 Å². The maximum atomic E-state index is 11.3. The predicted octanol–water partition coefficient (Wildman–Crippen LogP) is -1.27. The van der Waals surface area contributed by atoms with Crippen molar-refractivity contribution in [3.63, 3.8) is 0 Å². The summed E-state index contributed by atoms with van der Waals surface area (Å²) >= 11 is 0. The van der Waals surface area contributed by atoms with Gasteiger partial charge in [0.25, 0.3) is 0 Å². The van der Waals surface area contributed by atoms with Crippen LogP contribution in [0.2, 0.25) is 0 Å². The molecule has 0 spiro atoms. The molecule has 6 nitrogen and oxygen atoms in total. The van der Waals surface area contributed by atoms with E-state index in [-0.39, 0.29) is 5.91 Å². The van der Waals surface area contributed by atoms with Crippen LogP contribution in [-0.2, 0) is 14.3 Å². The van der Waals surface area contributed by atoms with Crippen molar-refractivity contribution in [2.24, 2.45) is 11.5 Å². The van der Waals surface area contributed by atoms with E-state index in [2.05, 4.69) is 5.32 Å². The predicted molar refractivity (Wildman–Crippen MR) is 55.9 cm³/mol. The molecule has 0 rings (SSSR count). The average Bonchev–Trinajstić information content (AvgIpc) is 2.16. The fourth-order valence-corrected chi connectivity index (χ4v) is 0.869. The molecule has 0 bridgehead atoms. The van der Waals surface area contributed by atoms with Crippen molar-refractivity contribution >= 4 is 11.9 Å². The molecule has 0 heterocycles. The topological polar surface area (TPSA) is 107 Å². The molecule has 5 N–H and O–H groups in total. The van der Waals surface area contributed by atoms with Crippen LogP contribution >= 0.6 is 0 Å². The molecule has 0 fully saturated rings. The Morgan fingerprint density at radius 1 is 1.33 bits per heavy atom. The monoisotopic (exact) mass is 217 g/mol. The van der Waals surface area contributed by atoms with Gasteiger partial charge < -0.3 is 21.5 Å². The SMILES string of the molecule is CCNC(=O)[C@@H](N)[C@@H](C)OC(=O)[C@H](C)N. The number of hydrogen-bond acceptors (Lipinski definition) is 5. The number of amides is 1. The van der Waals surface area contributed by atoms with Crippen LogP contribution in [0.3, 0.4) is 0 Å². The van der Waals surface area contributed by atoms with Gasteiger partial charge in [-0.15, -0.1) is 0 Å². The molecule has 0 aliphatic rings. The number of hydrogen-bond donors (Lipinski definition) is 3. The minimum atomic E-state index is -0.868. The molecule has 0 saturated carbocycles. The molecule has 0 aliphatic carbocycles. The third kappa shape index (κ3) is 4.75. The molecule has 0 unspecified atom stereocenters. The minimum Gasteiger partial charge on any atom is -0.459 e. The van der Waals surface area contributed by atoms with E-state index in [0.717, 1.165) is 0 Å². The van der Waals surface area contributed by atoms with Crippen molar-refractivity contribution in [3.05, 3.63) is 0 Å². The van der Waals surface area contributed by atoms with Gasteiger partial charge in [0, 0.05) is 6.54 Å². The lowest BCUT2D eigenvalue weighted by molar-refractivity contribution is -0.151. The quantitative estimate of drug-likeness (QED) is 0.498. The van der Waals surface area contributed by atoms with Crippen LogP contribution in [0, 0.1) is 0 Å². The number of esters is 1. The summed E-state index contributed by atoms with van der Waals surface area (Å²) in [4.78, 5) is 22.4. The largest absolute Gasteiger partial charge is 0.459 e. The zero-order valence-electron chi connectivity index (χ0n) is 9.32. The Bertz CT molecular complexity index is 231. The number of carbonyl (C=O) groups excluding carboxylic acids is 2. The van der Waals surface area contributed by atoms with Crippen LogP contribution in [0.1, 0.15) is 20.8 Å². The summed E-state index contributed by atoms with van der Waals surface area (Å²) < 4.78 is 4.89. The van der Waals surface area contributed by atoms with Gasteiger partial charge in [-0.3, -0.25) is 9.59 Å². The third-order valence-corrected chi connectivity index (χ3v) is 1.83. The highest BCUT2D eigenvalue weighted by atomic mass is 16.5. The van der Waals surface area contributed by atoms with Crippen LogP contribution in [-0.4, -0.2) is 36.6 Å². The van der Waals surface area contributed by atoms with Gasteiger partial charge in [-0.1, -0.05) is 0 Å². The molecule has 0 aromatic heterocycles. The Morgan fingerprint density at radius 3 is 2.27 bits per heavy atom. The maximum absolute atomic E-state index is 11.3. The van der Waals surface area contributed by atoms with Crippen LogP contribution in [0.25, 0.3) is 0 Å². The van der Waals surface area contributed by atoms with Gasteiger partial charge in [0.15, 0.2) is 0 Å². The minimum absolute atomic E-state index is 0.345. The van der Waals surface area contributed by atoms with Crippen LogP contribution < -0.4 is 16.8 Å². The number of likely N-dealkylation sites (N-methyl/N-ethyl adjacent to an activating group) is 1. The summed E-state index contributed by atoms with van der Waals surface area (Å²) in [5.41, 5.74) is 10.9. The van der Waals surface area contributed by atoms with Gasteiger partial charge in [0.1, 0.15) is 18.2 Å². The smallest absolute Gasteiger partial charge is 0.322 e. The summed E-state index contributed by atoms with van der Waals surface area (Å²) in [5, 5.41) is 2.54. The number of rotatable bonds is 5. The second-order valence-corrected chi connectivity index (χ2v) is 3.35. The highest BCUT2D eigenvalue weighted by molar-refractivity contribution is 5.83. The Labute approximate surface area is 89.3 Å². The second-order valence-electron chi connectivity index (χ2n) is 3.35. The van der Waals surface area contributed by atoms with E-state index < -0.39 is 24.2 Å². The van der Waals surface area contributed by atoms with E-state index in [0.29, 0.717) is 6.54 Å². The Kier molecular flexibility index (Phi) is 5.88. The van der Waals surface area contributed by atoms with Crippen molar-refractivity contribution < 1.29 is 14.3 Å². The summed E-state index contributed by atoms with van der Waals surface area (Å²) in [6.07, 6.45) is -0.685. The van der Waals surface area contributed by atoms with E-state index in [1.807, 2.05) is 0 Å². The summed E-state index contributed by atoms with van der Waals surface area (Å²) in [7, 11) is 0. The second kappa shape index (κ2) is 6.36. The summed E-state index contributed by atoms with van der Waals surface area (Å²) in [5.74, 6) is -0.912. The first-order chi connectivity index (χ1) is 6.90. The zero-order valence-corrected chi connectivity index (χ0v) is 9.32. The number of ether oxygens (including phenoxy) is 1. The van der Waals surface area contributed by atoms with Crippen molar-refractivity contribution in [1.29, 1.82) is 0 Å². The van der Waals surface area contributed by atoms with Gasteiger partial charge in [-0.2, -0.15) is 0 Å². The van der Waals surface area contributed by atoms with Crippen molar-refractivity contribution in [1.82, 2.24) is 5.32 Å². The Balaban J connectivity index is 4.14. The van der Waals surface area contributed by atoms with Crippen LogP contribution in [0.15, 0.2) is 0 Å². The molecular weight excluding hydrogens is 198 g/mol. The Morgan fingerprint density at radius 2 is 1.87 bits per heavy atom. The first-order valence-corrected chi connectivity index (χ1v) is 4.89. The molecule has 0 aromatic rings. The Hall–Kier alpha value is -1.14. The highest BCUT2D eigenvalue weighted by Gasteiger charge is 2.24. The van der Waals surface area contributed by atoms with Gasteiger partial charge in [-0.25, -0.2) is 0 Å². The van der Waals surface area contributed by atoms with Crippen molar-refractivity contribution in [2.45, 2.75) is 39.0 Å². The molecule has 0 aromatic carbocycles. The number of carbonyl (C=O) groups is 2. The molecule has 0 radical (unpaired) electrons. The van der Waals surface area contributed by atoms with Gasteiger partial charge in [0.2, 0.25) is 5.91 Å². The molecule has 15 heavy (non-hydrogen) atoms. The fraction of sp³-hybridized carbons (Fsp3) is 0.778. The van der Waals surface area contributed by atoms with E-state index in [9.17, 15) is 9.59 Å². The van der Waals surface area contributed by atoms with Crippen molar-refractivity contribution in [2.75, 3.05) is 6.54 Å². The lowest BCUT2D eigenvalue weighted by Gasteiger charge is -2.20. The lowest BCUT2D eigenvalue weighted by Crippen LogP contribution is -2.49. The normalized spacial score (nSPS) is 16.3. The van der Waals surface area contributed by atoms with Gasteiger partial charge in [0.05, 0.1) is 0 Å². The lowest BCUT2D eigenvalue weighted by atomic mass is 10.2. The van der Waals surface area contributed by atoms with E-state index >= 15 is 0 Å². The van der Waals surface area contributed by atoms with E-state index in [4.69, 9.17) is 16.2 Å². The number of nitrogens with two attached hydrogens (primary N) is 2. The molecular formula is C9H19N3O3. The maximum Gasteiger partial charge on any atom is 0.322 e.